The van der Waals surface area contributed by atoms with Crippen LogP contribution < -0.4 is 0 Å². The molecule has 0 unspecified atom stereocenters. The number of carbonyl (C=O) groups excluding carboxylic acids is 1. The highest BCUT2D eigenvalue weighted by molar-refractivity contribution is 5.87. The van der Waals surface area contributed by atoms with Gasteiger partial charge >= 0.3 is 0 Å². The summed E-state index contributed by atoms with van der Waals surface area (Å²) in [5.41, 5.74) is 1.38. The van der Waals surface area contributed by atoms with Crippen molar-refractivity contribution in [1.82, 2.24) is 9.80 Å². The maximum absolute atomic E-state index is 12.6. The number of hydrogen-bond donors (Lipinski definition) is 0. The smallest absolute Gasteiger partial charge is 0.246 e. The minimum absolute atomic E-state index is 0.0486. The lowest BCUT2D eigenvalue weighted by Crippen LogP contribution is -2.50. The van der Waals surface area contributed by atoms with Gasteiger partial charge in [-0.1, -0.05) is 36.4 Å². The number of benzene rings is 1. The van der Waals surface area contributed by atoms with E-state index in [1.807, 2.05) is 11.0 Å². The summed E-state index contributed by atoms with van der Waals surface area (Å²) in [5, 5.41) is 0. The number of rotatable bonds is 4. The summed E-state index contributed by atoms with van der Waals surface area (Å²) < 4.78 is 11.6. The molecule has 1 aromatic carbocycles. The maximum Gasteiger partial charge on any atom is 0.246 e. The maximum atomic E-state index is 12.6. The molecule has 0 aliphatic carbocycles. The third-order valence-corrected chi connectivity index (χ3v) is 6.48. The summed E-state index contributed by atoms with van der Waals surface area (Å²) >= 11 is 0. The van der Waals surface area contributed by atoms with Gasteiger partial charge in [0.2, 0.25) is 5.91 Å². The summed E-state index contributed by atoms with van der Waals surface area (Å²) in [6.45, 7) is 6.72. The van der Waals surface area contributed by atoms with Crippen molar-refractivity contribution in [1.29, 1.82) is 0 Å². The van der Waals surface area contributed by atoms with E-state index in [1.54, 1.807) is 6.08 Å². The fraction of sp³-hybridized carbons (Fsp3) is 0.609. The van der Waals surface area contributed by atoms with E-state index in [0.717, 1.165) is 78.2 Å². The largest absolute Gasteiger partial charge is 0.379 e. The fourth-order valence-electron chi connectivity index (χ4n) is 4.71. The standard InChI is InChI=1S/C23H32N2O3/c26-22(7-4-11-24-14-17-27-18-15-24)25-12-9-23(10-13-25)19-21(8-16-28-23)20-5-2-1-3-6-20/h1-7,21H,8-19H2/b7-4+/t21-/m0/s1. The van der Waals surface area contributed by atoms with Crippen LogP contribution in [0, 0.1) is 0 Å². The van der Waals surface area contributed by atoms with Crippen molar-refractivity contribution in [2.75, 3.05) is 52.5 Å². The molecular weight excluding hydrogens is 352 g/mol. The molecule has 1 atom stereocenters. The molecule has 0 radical (unpaired) electrons. The first-order chi connectivity index (χ1) is 13.7. The Bertz CT molecular complexity index is 662. The van der Waals surface area contributed by atoms with Gasteiger partial charge in [0.1, 0.15) is 0 Å². The van der Waals surface area contributed by atoms with Crippen LogP contribution in [0.25, 0.3) is 0 Å². The molecule has 3 fully saturated rings. The van der Waals surface area contributed by atoms with Gasteiger partial charge in [0.25, 0.3) is 0 Å². The Balaban J connectivity index is 1.27. The van der Waals surface area contributed by atoms with E-state index in [1.165, 1.54) is 5.56 Å². The summed E-state index contributed by atoms with van der Waals surface area (Å²) in [6, 6.07) is 10.8. The van der Waals surface area contributed by atoms with E-state index in [2.05, 4.69) is 35.2 Å². The Morgan fingerprint density at radius 3 is 2.57 bits per heavy atom. The monoisotopic (exact) mass is 384 g/mol. The molecule has 28 heavy (non-hydrogen) atoms. The van der Waals surface area contributed by atoms with Crippen LogP contribution in [-0.4, -0.2) is 73.9 Å². The first-order valence-electron chi connectivity index (χ1n) is 10.7. The third kappa shape index (κ3) is 4.83. The lowest BCUT2D eigenvalue weighted by atomic mass is 9.77. The third-order valence-electron chi connectivity index (χ3n) is 6.48. The minimum atomic E-state index is -0.0486. The molecule has 152 valence electrons. The minimum Gasteiger partial charge on any atom is -0.379 e. The quantitative estimate of drug-likeness (QED) is 0.749. The zero-order valence-corrected chi connectivity index (χ0v) is 16.7. The molecule has 3 saturated heterocycles. The molecule has 3 heterocycles. The van der Waals surface area contributed by atoms with Gasteiger partial charge in [0.15, 0.2) is 0 Å². The van der Waals surface area contributed by atoms with E-state index in [4.69, 9.17) is 9.47 Å². The van der Waals surface area contributed by atoms with E-state index < -0.39 is 0 Å². The molecular formula is C23H32N2O3. The molecule has 0 bridgehead atoms. The highest BCUT2D eigenvalue weighted by Crippen LogP contribution is 2.41. The van der Waals surface area contributed by atoms with Gasteiger partial charge in [-0.3, -0.25) is 9.69 Å². The predicted octanol–water partition coefficient (Wildman–Crippen LogP) is 2.83. The summed E-state index contributed by atoms with van der Waals surface area (Å²) in [7, 11) is 0. The number of amides is 1. The lowest BCUT2D eigenvalue weighted by Gasteiger charge is -2.46. The average Bonchev–Trinajstić information content (AvgIpc) is 2.76. The first kappa shape index (κ1) is 19.6. The van der Waals surface area contributed by atoms with Crippen molar-refractivity contribution < 1.29 is 14.3 Å². The lowest BCUT2D eigenvalue weighted by molar-refractivity contribution is -0.140. The average molecular weight is 385 g/mol. The molecule has 0 N–H and O–H groups in total. The second-order valence-electron chi connectivity index (χ2n) is 8.27. The Morgan fingerprint density at radius 2 is 1.82 bits per heavy atom. The number of carbonyl (C=O) groups is 1. The molecule has 0 saturated carbocycles. The van der Waals surface area contributed by atoms with Crippen molar-refractivity contribution in [3.05, 3.63) is 48.0 Å². The van der Waals surface area contributed by atoms with Crippen molar-refractivity contribution in [3.63, 3.8) is 0 Å². The fourth-order valence-corrected chi connectivity index (χ4v) is 4.71. The summed E-state index contributed by atoms with van der Waals surface area (Å²) in [4.78, 5) is 16.9. The number of hydrogen-bond acceptors (Lipinski definition) is 4. The molecule has 5 nitrogen and oxygen atoms in total. The van der Waals surface area contributed by atoms with E-state index >= 15 is 0 Å². The van der Waals surface area contributed by atoms with Crippen LogP contribution >= 0.6 is 0 Å². The van der Waals surface area contributed by atoms with E-state index in [-0.39, 0.29) is 11.5 Å². The number of ether oxygens (including phenoxy) is 2. The van der Waals surface area contributed by atoms with E-state index in [9.17, 15) is 4.79 Å². The predicted molar refractivity (Wildman–Crippen MR) is 109 cm³/mol. The van der Waals surface area contributed by atoms with Gasteiger partial charge in [-0.15, -0.1) is 0 Å². The zero-order chi connectivity index (χ0) is 19.2. The summed E-state index contributed by atoms with van der Waals surface area (Å²) in [5.74, 6) is 0.712. The van der Waals surface area contributed by atoms with Gasteiger partial charge in [0.05, 0.1) is 18.8 Å². The molecule has 3 aliphatic heterocycles. The Hall–Kier alpha value is -1.69. The molecule has 1 amide bonds. The van der Waals surface area contributed by atoms with Crippen LogP contribution in [0.4, 0.5) is 0 Å². The number of morpholine rings is 1. The number of nitrogens with zero attached hydrogens (tertiary/aromatic N) is 2. The highest BCUT2D eigenvalue weighted by atomic mass is 16.5. The topological polar surface area (TPSA) is 42.0 Å². The van der Waals surface area contributed by atoms with Crippen LogP contribution in [0.3, 0.4) is 0 Å². The molecule has 1 spiro atoms. The Labute approximate surface area is 168 Å². The normalized spacial score (nSPS) is 26.0. The van der Waals surface area contributed by atoms with Crippen LogP contribution in [0.1, 0.15) is 37.2 Å². The Kier molecular flexibility index (Phi) is 6.45. The van der Waals surface area contributed by atoms with Gasteiger partial charge in [-0.05, 0) is 37.2 Å². The zero-order valence-electron chi connectivity index (χ0n) is 16.7. The van der Waals surface area contributed by atoms with Crippen molar-refractivity contribution in [3.8, 4) is 0 Å². The Morgan fingerprint density at radius 1 is 1.07 bits per heavy atom. The molecule has 0 aromatic heterocycles. The second kappa shape index (κ2) is 9.21. The number of likely N-dealkylation sites (tertiary alicyclic amines) is 1. The molecule has 3 aliphatic rings. The second-order valence-corrected chi connectivity index (χ2v) is 8.27. The van der Waals surface area contributed by atoms with Crippen molar-refractivity contribution in [2.24, 2.45) is 0 Å². The van der Waals surface area contributed by atoms with Crippen molar-refractivity contribution >= 4 is 5.91 Å². The van der Waals surface area contributed by atoms with Crippen LogP contribution in [0.15, 0.2) is 42.5 Å². The molecule has 5 heteroatoms. The number of piperidine rings is 1. The molecule has 1 aromatic rings. The summed E-state index contributed by atoms with van der Waals surface area (Å²) in [6.07, 6.45) is 7.81. The molecule has 4 rings (SSSR count). The van der Waals surface area contributed by atoms with Crippen molar-refractivity contribution in [2.45, 2.75) is 37.2 Å². The van der Waals surface area contributed by atoms with Crippen LogP contribution in [0.5, 0.6) is 0 Å². The SMILES string of the molecule is O=C(/C=C/CN1CCOCC1)N1CCC2(CC1)C[C@@H](c1ccccc1)CCO2. The van der Waals surface area contributed by atoms with E-state index in [0.29, 0.717) is 5.92 Å². The van der Waals surface area contributed by atoms with Gasteiger partial charge < -0.3 is 14.4 Å². The van der Waals surface area contributed by atoms with Crippen LogP contribution in [-0.2, 0) is 14.3 Å². The van der Waals surface area contributed by atoms with Crippen LogP contribution in [0.2, 0.25) is 0 Å². The van der Waals surface area contributed by atoms with Gasteiger partial charge in [0, 0.05) is 45.4 Å². The van der Waals surface area contributed by atoms with Gasteiger partial charge in [-0.2, -0.15) is 0 Å². The first-order valence-corrected chi connectivity index (χ1v) is 10.7. The van der Waals surface area contributed by atoms with Gasteiger partial charge in [-0.25, -0.2) is 0 Å². The highest BCUT2D eigenvalue weighted by Gasteiger charge is 2.41.